The fourth-order valence-corrected chi connectivity index (χ4v) is 7.45. The Hall–Kier alpha value is -5.84. The summed E-state index contributed by atoms with van der Waals surface area (Å²) in [5.41, 5.74) is 8.36. The van der Waals surface area contributed by atoms with Crippen LogP contribution in [-0.2, 0) is 6.42 Å². The van der Waals surface area contributed by atoms with Gasteiger partial charge in [0.1, 0.15) is 11.6 Å². The second-order valence-electron chi connectivity index (χ2n) is 13.6. The number of aromatic amines is 2. The van der Waals surface area contributed by atoms with Crippen molar-refractivity contribution in [2.75, 3.05) is 30.9 Å². The molecule has 0 spiro atoms. The van der Waals surface area contributed by atoms with Crippen LogP contribution < -0.4 is 15.5 Å². The van der Waals surface area contributed by atoms with Crippen LogP contribution in [0.2, 0.25) is 20.1 Å². The molecule has 0 bridgehead atoms. The lowest BCUT2D eigenvalue weighted by Crippen LogP contribution is -2.24. The normalized spacial score (nSPS) is 10.9. The van der Waals surface area contributed by atoms with Crippen molar-refractivity contribution in [1.82, 2.24) is 25.3 Å². The number of aromatic nitrogens is 4. The van der Waals surface area contributed by atoms with Crippen LogP contribution in [0.1, 0.15) is 32.7 Å². The van der Waals surface area contributed by atoms with Crippen LogP contribution in [-0.4, -0.2) is 52.4 Å². The Kier molecular flexibility index (Phi) is 12.6. The zero-order valence-corrected chi connectivity index (χ0v) is 34.4. The molecule has 2 amide bonds. The molecule has 0 saturated carbocycles. The number of H-pyrrole nitrogens is 2. The molecule has 2 aromatic heterocycles. The number of carbonyl (C=O) groups is 2. The third kappa shape index (κ3) is 9.47. The van der Waals surface area contributed by atoms with Crippen molar-refractivity contribution in [1.29, 1.82) is 0 Å². The van der Waals surface area contributed by atoms with Crippen molar-refractivity contribution < 1.29 is 9.59 Å². The number of hydrogen-bond donors (Lipinski definition) is 4. The number of fused-ring (bicyclic) bond motifs is 2. The first-order chi connectivity index (χ1) is 28.0. The summed E-state index contributed by atoms with van der Waals surface area (Å²) in [6.07, 6.45) is 1.82. The zero-order valence-electron chi connectivity index (χ0n) is 31.4. The quantitative estimate of drug-likeness (QED) is 0.102. The molecule has 2 heterocycles. The molecule has 0 aliphatic rings. The molecule has 13 heteroatoms. The van der Waals surface area contributed by atoms with Crippen molar-refractivity contribution in [2.24, 2.45) is 0 Å². The van der Waals surface area contributed by atoms with Crippen molar-refractivity contribution in [2.45, 2.75) is 12.8 Å². The minimum atomic E-state index is -0.199. The lowest BCUT2D eigenvalue weighted by Gasteiger charge is -2.14. The van der Waals surface area contributed by atoms with Gasteiger partial charge in [0.2, 0.25) is 0 Å². The van der Waals surface area contributed by atoms with Gasteiger partial charge in [-0.2, -0.15) is 0 Å². The number of imidazole rings is 2. The molecular formula is C45H37Cl4N7O2. The molecule has 0 atom stereocenters. The summed E-state index contributed by atoms with van der Waals surface area (Å²) < 4.78 is 0. The smallest absolute Gasteiger partial charge is 0.255 e. The average molecular weight is 850 g/mol. The van der Waals surface area contributed by atoms with Gasteiger partial charge in [-0.25, -0.2) is 9.97 Å². The van der Waals surface area contributed by atoms with E-state index in [0.717, 1.165) is 46.3 Å². The maximum atomic E-state index is 12.7. The second-order valence-corrected chi connectivity index (χ2v) is 15.2. The first-order valence-electron chi connectivity index (χ1n) is 18.3. The Labute approximate surface area is 355 Å². The number of halogens is 4. The van der Waals surface area contributed by atoms with Crippen LogP contribution >= 0.6 is 46.4 Å². The highest BCUT2D eigenvalue weighted by Crippen LogP contribution is 2.35. The lowest BCUT2D eigenvalue weighted by molar-refractivity contribution is 0.0952. The van der Waals surface area contributed by atoms with Crippen LogP contribution in [0.3, 0.4) is 0 Å². The summed E-state index contributed by atoms with van der Waals surface area (Å²) in [5.74, 6) is 0.837. The molecule has 0 radical (unpaired) electrons. The van der Waals surface area contributed by atoms with Crippen LogP contribution in [0.5, 0.6) is 0 Å². The third-order valence-corrected chi connectivity index (χ3v) is 10.5. The Morgan fingerprint density at radius 3 is 1.66 bits per heavy atom. The molecule has 0 aliphatic carbocycles. The molecule has 6 aromatic carbocycles. The molecule has 292 valence electrons. The van der Waals surface area contributed by atoms with E-state index in [1.54, 1.807) is 66.7 Å². The molecule has 0 unspecified atom stereocenters. The Balaban J connectivity index is 0.000000177. The maximum absolute atomic E-state index is 12.7. The van der Waals surface area contributed by atoms with E-state index in [9.17, 15) is 9.59 Å². The maximum Gasteiger partial charge on any atom is 0.255 e. The van der Waals surface area contributed by atoms with Crippen LogP contribution in [0.25, 0.3) is 44.8 Å². The monoisotopic (exact) mass is 847 g/mol. The van der Waals surface area contributed by atoms with E-state index in [2.05, 4.69) is 42.7 Å². The number of aryl methyl sites for hydroxylation is 1. The number of amides is 2. The number of rotatable bonds is 10. The Morgan fingerprint density at radius 2 is 1.12 bits per heavy atom. The number of benzene rings is 6. The Morgan fingerprint density at radius 1 is 0.603 bits per heavy atom. The summed E-state index contributed by atoms with van der Waals surface area (Å²) in [5, 5.41) is 7.97. The minimum Gasteiger partial charge on any atom is -0.378 e. The number of nitrogens with zero attached hydrogens (tertiary/aromatic N) is 3. The molecule has 4 N–H and O–H groups in total. The molecule has 8 aromatic rings. The summed E-state index contributed by atoms with van der Waals surface area (Å²) in [7, 11) is 3.91. The van der Waals surface area contributed by atoms with E-state index >= 15 is 0 Å². The first-order valence-corrected chi connectivity index (χ1v) is 19.8. The van der Waals surface area contributed by atoms with Gasteiger partial charge in [-0.05, 0) is 97.3 Å². The van der Waals surface area contributed by atoms with Gasteiger partial charge in [-0.15, -0.1) is 0 Å². The van der Waals surface area contributed by atoms with E-state index in [1.807, 2.05) is 67.5 Å². The first kappa shape index (κ1) is 40.4. The highest BCUT2D eigenvalue weighted by Gasteiger charge is 2.16. The van der Waals surface area contributed by atoms with E-state index in [0.29, 0.717) is 60.5 Å². The van der Waals surface area contributed by atoms with Crippen molar-refractivity contribution >= 4 is 91.7 Å². The lowest BCUT2D eigenvalue weighted by atomic mass is 10.1. The molecular weight excluding hydrogens is 812 g/mol. The van der Waals surface area contributed by atoms with Gasteiger partial charge in [0.25, 0.3) is 11.8 Å². The topological polar surface area (TPSA) is 119 Å². The predicted octanol–water partition coefficient (Wildman–Crippen LogP) is 11.8. The van der Waals surface area contributed by atoms with Gasteiger partial charge in [-0.3, -0.25) is 9.59 Å². The van der Waals surface area contributed by atoms with Gasteiger partial charge in [0.15, 0.2) is 0 Å². The van der Waals surface area contributed by atoms with Crippen molar-refractivity contribution in [3.63, 3.8) is 0 Å². The highest BCUT2D eigenvalue weighted by molar-refractivity contribution is 6.39. The highest BCUT2D eigenvalue weighted by atomic mass is 35.5. The molecule has 0 saturated heterocycles. The van der Waals surface area contributed by atoms with E-state index < -0.39 is 0 Å². The van der Waals surface area contributed by atoms with Gasteiger partial charge in [0, 0.05) is 43.1 Å². The van der Waals surface area contributed by atoms with Gasteiger partial charge in [0.05, 0.1) is 53.3 Å². The third-order valence-electron chi connectivity index (χ3n) is 9.28. The number of anilines is 2. The number of nitrogens with one attached hydrogen (secondary N) is 4. The van der Waals surface area contributed by atoms with Gasteiger partial charge in [-0.1, -0.05) is 94.9 Å². The summed E-state index contributed by atoms with van der Waals surface area (Å²) >= 11 is 25.1. The summed E-state index contributed by atoms with van der Waals surface area (Å²) in [6, 6.07) is 39.2. The SMILES string of the molecule is CN(C)c1cccc(NC(=O)c2ccc3nc(-c4c(Cl)cccc4Cl)[nH]c3c2)c1.O=C(NCCCc1ccccc1)c1ccc2nc(-c3c(Cl)cccc3Cl)[nH]c2c1. The van der Waals surface area contributed by atoms with E-state index in [-0.39, 0.29) is 11.8 Å². The largest absolute Gasteiger partial charge is 0.378 e. The van der Waals surface area contributed by atoms with Crippen LogP contribution in [0, 0.1) is 0 Å². The summed E-state index contributed by atoms with van der Waals surface area (Å²) in [6.45, 7) is 0.620. The van der Waals surface area contributed by atoms with Crippen molar-refractivity contribution in [3.8, 4) is 22.8 Å². The molecule has 58 heavy (non-hydrogen) atoms. The van der Waals surface area contributed by atoms with Crippen LogP contribution in [0.4, 0.5) is 11.4 Å². The number of hydrogen-bond acceptors (Lipinski definition) is 5. The fraction of sp³-hybridized carbons (Fsp3) is 0.111. The standard InChI is InChI=1S/C23H19Cl2N3O.C22H18Cl2N4O/c24-17-9-4-10-18(25)21(17)22-27-19-12-11-16(14-20(19)28-22)23(29)26-13-5-8-15-6-2-1-3-7-15;1-28(2)15-6-3-5-14(12-15)25-22(29)13-9-10-18-19(11-13)27-21(26-18)20-16(23)7-4-8-17(20)24/h1-4,6-7,9-12,14H,5,8,13H2,(H,26,29)(H,27,28);3-12H,1-2H3,(H,25,29)(H,26,27). The summed E-state index contributed by atoms with van der Waals surface area (Å²) in [4.78, 5) is 42.7. The molecule has 0 fully saturated rings. The number of carbonyl (C=O) groups excluding carboxylic acids is 2. The van der Waals surface area contributed by atoms with E-state index in [1.165, 1.54) is 5.56 Å². The molecule has 9 nitrogen and oxygen atoms in total. The van der Waals surface area contributed by atoms with E-state index in [4.69, 9.17) is 46.4 Å². The van der Waals surface area contributed by atoms with Crippen LogP contribution in [0.15, 0.2) is 127 Å². The van der Waals surface area contributed by atoms with Gasteiger partial charge >= 0.3 is 0 Å². The van der Waals surface area contributed by atoms with Gasteiger partial charge < -0.3 is 25.5 Å². The predicted molar refractivity (Wildman–Crippen MR) is 239 cm³/mol. The molecule has 8 rings (SSSR count). The fourth-order valence-electron chi connectivity index (χ4n) is 6.29. The second kappa shape index (κ2) is 18.2. The average Bonchev–Trinajstić information content (AvgIpc) is 3.83. The van der Waals surface area contributed by atoms with Crippen molar-refractivity contribution in [3.05, 3.63) is 164 Å². The zero-order chi connectivity index (χ0) is 40.8. The minimum absolute atomic E-state index is 0.105. The molecule has 0 aliphatic heterocycles. The Bertz CT molecular complexity index is 2710.